The number of aryl methyl sites for hydroxylation is 1. The Bertz CT molecular complexity index is 555. The maximum Gasteiger partial charge on any atom is 0.248 e. The van der Waals surface area contributed by atoms with Gasteiger partial charge in [0, 0.05) is 11.0 Å². The van der Waals surface area contributed by atoms with E-state index < -0.39 is 0 Å². The smallest absolute Gasteiger partial charge is 0.248 e. The number of hydrogen-bond acceptors (Lipinski definition) is 2. The fourth-order valence-electron chi connectivity index (χ4n) is 1.50. The molecule has 1 aromatic heterocycles. The van der Waals surface area contributed by atoms with Crippen molar-refractivity contribution in [3.8, 4) is 0 Å². The molecule has 0 aliphatic rings. The van der Waals surface area contributed by atoms with Crippen LogP contribution in [0.25, 0.3) is 6.08 Å². The van der Waals surface area contributed by atoms with Gasteiger partial charge in [-0.25, -0.2) is 0 Å². The number of para-hydroxylation sites is 1. The molecule has 4 heteroatoms. The van der Waals surface area contributed by atoms with Crippen LogP contribution in [0.4, 0.5) is 5.69 Å². The predicted molar refractivity (Wildman–Crippen MR) is 78.2 cm³/mol. The Balaban J connectivity index is 2.08. The van der Waals surface area contributed by atoms with Crippen molar-refractivity contribution in [3.05, 3.63) is 57.3 Å². The van der Waals surface area contributed by atoms with Crippen LogP contribution in [0.5, 0.6) is 0 Å². The first kappa shape index (κ1) is 12.9. The van der Waals surface area contributed by atoms with Crippen molar-refractivity contribution in [1.82, 2.24) is 0 Å². The second kappa shape index (κ2) is 5.85. The first-order valence-electron chi connectivity index (χ1n) is 5.44. The molecule has 0 atom stereocenters. The molecule has 0 unspecified atom stereocenters. The molecule has 0 saturated heterocycles. The standard InChI is InChI=1S/C14H12ClNOS/c1-10-4-2-6-12(15)14(10)16-13(17)8-7-11-5-3-9-18-11/h2-9H,1H3,(H,16,17)/b8-7+. The summed E-state index contributed by atoms with van der Waals surface area (Å²) in [4.78, 5) is 12.8. The molecule has 1 aromatic carbocycles. The molecule has 1 heterocycles. The summed E-state index contributed by atoms with van der Waals surface area (Å²) in [7, 11) is 0. The summed E-state index contributed by atoms with van der Waals surface area (Å²) in [5.41, 5.74) is 1.61. The quantitative estimate of drug-likeness (QED) is 0.830. The van der Waals surface area contributed by atoms with Gasteiger partial charge in [-0.2, -0.15) is 0 Å². The van der Waals surface area contributed by atoms with Crippen molar-refractivity contribution in [2.75, 3.05) is 5.32 Å². The highest BCUT2D eigenvalue weighted by atomic mass is 35.5. The Labute approximate surface area is 115 Å². The number of rotatable bonds is 3. The van der Waals surface area contributed by atoms with Crippen LogP contribution in [0, 0.1) is 6.92 Å². The molecule has 1 amide bonds. The summed E-state index contributed by atoms with van der Waals surface area (Å²) in [5, 5.41) is 5.30. The minimum absolute atomic E-state index is 0.181. The average Bonchev–Trinajstić information content (AvgIpc) is 2.84. The number of carbonyl (C=O) groups is 1. The van der Waals surface area contributed by atoms with Crippen molar-refractivity contribution in [3.63, 3.8) is 0 Å². The maximum atomic E-state index is 11.8. The highest BCUT2D eigenvalue weighted by Crippen LogP contribution is 2.25. The lowest BCUT2D eigenvalue weighted by Crippen LogP contribution is -2.09. The topological polar surface area (TPSA) is 29.1 Å². The summed E-state index contributed by atoms with van der Waals surface area (Å²) >= 11 is 7.62. The summed E-state index contributed by atoms with van der Waals surface area (Å²) in [5.74, 6) is -0.181. The molecule has 1 N–H and O–H groups in total. The van der Waals surface area contributed by atoms with Crippen LogP contribution >= 0.6 is 22.9 Å². The molecule has 92 valence electrons. The van der Waals surface area contributed by atoms with E-state index in [4.69, 9.17) is 11.6 Å². The van der Waals surface area contributed by atoms with Gasteiger partial charge in [-0.3, -0.25) is 4.79 Å². The first-order chi connectivity index (χ1) is 8.66. The second-order valence-corrected chi connectivity index (χ2v) is 5.16. The van der Waals surface area contributed by atoms with Gasteiger partial charge in [-0.15, -0.1) is 11.3 Å². The summed E-state index contributed by atoms with van der Waals surface area (Å²) in [6, 6.07) is 9.42. The number of carbonyl (C=O) groups excluding carboxylic acids is 1. The van der Waals surface area contributed by atoms with E-state index >= 15 is 0 Å². The molecule has 2 aromatic rings. The largest absolute Gasteiger partial charge is 0.321 e. The third kappa shape index (κ3) is 3.22. The highest BCUT2D eigenvalue weighted by Gasteiger charge is 2.05. The van der Waals surface area contributed by atoms with Gasteiger partial charge in [0.15, 0.2) is 0 Å². The minimum atomic E-state index is -0.181. The van der Waals surface area contributed by atoms with Crippen LogP contribution in [0.1, 0.15) is 10.4 Å². The molecule has 18 heavy (non-hydrogen) atoms. The normalized spacial score (nSPS) is 10.8. The van der Waals surface area contributed by atoms with Gasteiger partial charge >= 0.3 is 0 Å². The number of thiophene rings is 1. The third-order valence-electron chi connectivity index (χ3n) is 2.41. The molecule has 0 spiro atoms. The molecular formula is C14H12ClNOS. The van der Waals surface area contributed by atoms with E-state index in [1.807, 2.05) is 36.6 Å². The first-order valence-corrected chi connectivity index (χ1v) is 6.70. The van der Waals surface area contributed by atoms with E-state index in [2.05, 4.69) is 5.32 Å². The number of nitrogens with one attached hydrogen (secondary N) is 1. The number of benzene rings is 1. The van der Waals surface area contributed by atoms with Crippen LogP contribution in [0.2, 0.25) is 5.02 Å². The van der Waals surface area contributed by atoms with Gasteiger partial charge < -0.3 is 5.32 Å². The van der Waals surface area contributed by atoms with E-state index in [1.165, 1.54) is 6.08 Å². The molecule has 0 aliphatic carbocycles. The number of halogens is 1. The van der Waals surface area contributed by atoms with Crippen molar-refractivity contribution in [2.45, 2.75) is 6.92 Å². The summed E-state index contributed by atoms with van der Waals surface area (Å²) < 4.78 is 0. The highest BCUT2D eigenvalue weighted by molar-refractivity contribution is 7.10. The summed E-state index contributed by atoms with van der Waals surface area (Å²) in [6.07, 6.45) is 3.29. The number of anilines is 1. The van der Waals surface area contributed by atoms with Crippen molar-refractivity contribution < 1.29 is 4.79 Å². The molecular weight excluding hydrogens is 266 g/mol. The molecule has 0 fully saturated rings. The predicted octanol–water partition coefficient (Wildman–Crippen LogP) is 4.36. The fourth-order valence-corrected chi connectivity index (χ4v) is 2.39. The van der Waals surface area contributed by atoms with Gasteiger partial charge in [0.1, 0.15) is 0 Å². The SMILES string of the molecule is Cc1cccc(Cl)c1NC(=O)/C=C/c1cccs1. The van der Waals surface area contributed by atoms with Crippen molar-refractivity contribution in [2.24, 2.45) is 0 Å². The van der Waals surface area contributed by atoms with Gasteiger partial charge in [0.05, 0.1) is 10.7 Å². The van der Waals surface area contributed by atoms with Gasteiger partial charge in [0.2, 0.25) is 5.91 Å². The molecule has 2 rings (SSSR count). The zero-order chi connectivity index (χ0) is 13.0. The average molecular weight is 278 g/mol. The Morgan fingerprint density at radius 3 is 2.83 bits per heavy atom. The second-order valence-electron chi connectivity index (χ2n) is 3.77. The van der Waals surface area contributed by atoms with Crippen LogP contribution in [-0.4, -0.2) is 5.91 Å². The Hall–Kier alpha value is -1.58. The Morgan fingerprint density at radius 2 is 2.17 bits per heavy atom. The number of hydrogen-bond donors (Lipinski definition) is 1. The van der Waals surface area contributed by atoms with Crippen molar-refractivity contribution in [1.29, 1.82) is 0 Å². The molecule has 0 bridgehead atoms. The minimum Gasteiger partial charge on any atom is -0.321 e. The van der Waals surface area contributed by atoms with Crippen LogP contribution < -0.4 is 5.32 Å². The lowest BCUT2D eigenvalue weighted by molar-refractivity contribution is -0.111. The molecule has 0 radical (unpaired) electrons. The lowest BCUT2D eigenvalue weighted by atomic mass is 10.2. The van der Waals surface area contributed by atoms with Crippen LogP contribution in [0.3, 0.4) is 0 Å². The molecule has 2 nitrogen and oxygen atoms in total. The Morgan fingerprint density at radius 1 is 1.33 bits per heavy atom. The van der Waals surface area contributed by atoms with E-state index in [0.717, 1.165) is 10.4 Å². The molecule has 0 saturated carbocycles. The Kier molecular flexibility index (Phi) is 4.18. The van der Waals surface area contributed by atoms with Gasteiger partial charge in [-0.1, -0.05) is 29.8 Å². The van der Waals surface area contributed by atoms with E-state index in [1.54, 1.807) is 23.5 Å². The number of amides is 1. The maximum absolute atomic E-state index is 11.8. The van der Waals surface area contributed by atoms with E-state index in [0.29, 0.717) is 10.7 Å². The van der Waals surface area contributed by atoms with E-state index in [-0.39, 0.29) is 5.91 Å². The monoisotopic (exact) mass is 277 g/mol. The van der Waals surface area contributed by atoms with Crippen LogP contribution in [-0.2, 0) is 4.79 Å². The van der Waals surface area contributed by atoms with Gasteiger partial charge in [0.25, 0.3) is 0 Å². The zero-order valence-corrected chi connectivity index (χ0v) is 11.4. The summed E-state index contributed by atoms with van der Waals surface area (Å²) in [6.45, 7) is 1.91. The molecule has 0 aliphatic heterocycles. The zero-order valence-electron chi connectivity index (χ0n) is 9.81. The van der Waals surface area contributed by atoms with E-state index in [9.17, 15) is 4.79 Å². The van der Waals surface area contributed by atoms with Crippen molar-refractivity contribution >= 4 is 40.6 Å². The third-order valence-corrected chi connectivity index (χ3v) is 3.56. The lowest BCUT2D eigenvalue weighted by Gasteiger charge is -2.07. The fraction of sp³-hybridized carbons (Fsp3) is 0.0714. The van der Waals surface area contributed by atoms with Crippen LogP contribution in [0.15, 0.2) is 41.8 Å². The van der Waals surface area contributed by atoms with Gasteiger partial charge in [-0.05, 0) is 36.1 Å².